The van der Waals surface area contributed by atoms with Gasteiger partial charge in [-0.05, 0) is 83.9 Å². The molecule has 0 spiro atoms. The fourth-order valence-electron chi connectivity index (χ4n) is 4.32. The topological polar surface area (TPSA) is 67.0 Å². The Hall–Kier alpha value is -4.12. The molecule has 0 bridgehead atoms. The number of unbranched alkanes of at least 4 members (excludes halogenated alkanes) is 2. The molecule has 36 heavy (non-hydrogen) atoms. The lowest BCUT2D eigenvalue weighted by atomic mass is 9.88. The SMILES string of the molecule is CC/C(=C(/c1ccc(OCCCC/C=C/C(=O)NC)cc1)c1ccc2[nH]ncc2c1)c1ccccc1. The smallest absolute Gasteiger partial charge is 0.243 e. The number of likely N-dealkylation sites (N-methyl/N-ethyl adjacent to an activating group) is 1. The Balaban J connectivity index is 1.53. The first-order valence-corrected chi connectivity index (χ1v) is 12.5. The summed E-state index contributed by atoms with van der Waals surface area (Å²) in [6.45, 7) is 2.86. The van der Waals surface area contributed by atoms with E-state index in [-0.39, 0.29) is 5.91 Å². The lowest BCUT2D eigenvalue weighted by Crippen LogP contribution is -2.13. The molecule has 3 aromatic carbocycles. The summed E-state index contributed by atoms with van der Waals surface area (Å²) in [7, 11) is 1.63. The van der Waals surface area contributed by atoms with Gasteiger partial charge in [0.15, 0.2) is 0 Å². The minimum absolute atomic E-state index is 0.0667. The molecule has 1 amide bonds. The van der Waals surface area contributed by atoms with E-state index < -0.39 is 0 Å². The Morgan fingerprint density at radius 3 is 2.50 bits per heavy atom. The van der Waals surface area contributed by atoms with Gasteiger partial charge in [-0.3, -0.25) is 9.89 Å². The molecule has 0 fully saturated rings. The standard InChI is InChI=1S/C31H33N3O2/c1-3-28(23-11-7-6-8-12-23)31(25-16-19-29-26(21-25)22-33-34-29)24-14-17-27(18-15-24)36-20-10-5-4-9-13-30(35)32-2/h6-9,11-19,21-22H,3-5,10,20H2,1-2H3,(H,32,35)(H,33,34)/b13-9+,31-28+. The lowest BCUT2D eigenvalue weighted by molar-refractivity contribution is -0.116. The second-order valence-corrected chi connectivity index (χ2v) is 8.63. The molecule has 4 rings (SSSR count). The molecule has 0 aliphatic carbocycles. The molecule has 0 atom stereocenters. The molecule has 0 unspecified atom stereocenters. The van der Waals surface area contributed by atoms with Crippen LogP contribution in [0.2, 0.25) is 0 Å². The number of carbonyl (C=O) groups is 1. The molecule has 4 aromatic rings. The maximum absolute atomic E-state index is 11.2. The molecular formula is C31H33N3O2. The molecule has 0 radical (unpaired) electrons. The van der Waals surface area contributed by atoms with Gasteiger partial charge in [-0.15, -0.1) is 0 Å². The minimum atomic E-state index is -0.0667. The Morgan fingerprint density at radius 1 is 0.972 bits per heavy atom. The van der Waals surface area contributed by atoms with Crippen molar-refractivity contribution in [3.63, 3.8) is 0 Å². The first-order valence-electron chi connectivity index (χ1n) is 12.5. The summed E-state index contributed by atoms with van der Waals surface area (Å²) in [6.07, 6.45) is 9.04. The van der Waals surface area contributed by atoms with Gasteiger partial charge in [-0.1, -0.05) is 61.5 Å². The van der Waals surface area contributed by atoms with Crippen LogP contribution in [0.15, 0.2) is 91.1 Å². The third-order valence-corrected chi connectivity index (χ3v) is 6.20. The maximum Gasteiger partial charge on any atom is 0.243 e. The van der Waals surface area contributed by atoms with Crippen molar-refractivity contribution in [3.8, 4) is 5.75 Å². The van der Waals surface area contributed by atoms with E-state index in [9.17, 15) is 4.79 Å². The van der Waals surface area contributed by atoms with Crippen LogP contribution in [0.3, 0.4) is 0 Å². The van der Waals surface area contributed by atoms with Crippen molar-refractivity contribution < 1.29 is 9.53 Å². The second kappa shape index (κ2) is 12.5. The number of allylic oxidation sites excluding steroid dienone is 2. The number of aromatic nitrogens is 2. The number of H-pyrrole nitrogens is 1. The largest absolute Gasteiger partial charge is 0.494 e. The zero-order valence-electron chi connectivity index (χ0n) is 21.0. The zero-order valence-corrected chi connectivity index (χ0v) is 21.0. The Labute approximate surface area is 212 Å². The fourth-order valence-corrected chi connectivity index (χ4v) is 4.32. The van der Waals surface area contributed by atoms with Crippen molar-refractivity contribution in [3.05, 3.63) is 108 Å². The summed E-state index contributed by atoms with van der Waals surface area (Å²) in [6, 6.07) is 25.4. The van der Waals surface area contributed by atoms with Crippen molar-refractivity contribution in [2.24, 2.45) is 0 Å². The van der Waals surface area contributed by atoms with Crippen LogP contribution in [0.5, 0.6) is 5.75 Å². The summed E-state index contributed by atoms with van der Waals surface area (Å²) < 4.78 is 5.98. The summed E-state index contributed by atoms with van der Waals surface area (Å²) in [5, 5.41) is 10.9. The van der Waals surface area contributed by atoms with Crippen molar-refractivity contribution in [1.82, 2.24) is 15.5 Å². The number of aromatic amines is 1. The Kier molecular flexibility index (Phi) is 8.71. The third kappa shape index (κ3) is 6.30. The van der Waals surface area contributed by atoms with Crippen molar-refractivity contribution in [2.75, 3.05) is 13.7 Å². The van der Waals surface area contributed by atoms with Crippen LogP contribution in [0, 0.1) is 0 Å². The van der Waals surface area contributed by atoms with E-state index in [1.165, 1.54) is 22.3 Å². The van der Waals surface area contributed by atoms with Crippen LogP contribution >= 0.6 is 0 Å². The van der Waals surface area contributed by atoms with E-state index in [0.29, 0.717) is 6.61 Å². The van der Waals surface area contributed by atoms with Gasteiger partial charge in [-0.2, -0.15) is 5.10 Å². The van der Waals surface area contributed by atoms with Gasteiger partial charge in [0.25, 0.3) is 0 Å². The van der Waals surface area contributed by atoms with Crippen LogP contribution < -0.4 is 10.1 Å². The lowest BCUT2D eigenvalue weighted by Gasteiger charge is -2.17. The zero-order chi connectivity index (χ0) is 25.2. The molecule has 1 aromatic heterocycles. The highest BCUT2D eigenvalue weighted by atomic mass is 16.5. The number of amides is 1. The van der Waals surface area contributed by atoms with E-state index in [4.69, 9.17) is 4.74 Å². The van der Waals surface area contributed by atoms with E-state index in [1.54, 1.807) is 13.1 Å². The highest BCUT2D eigenvalue weighted by molar-refractivity contribution is 6.00. The second-order valence-electron chi connectivity index (χ2n) is 8.63. The summed E-state index contributed by atoms with van der Waals surface area (Å²) in [5.41, 5.74) is 7.11. The van der Waals surface area contributed by atoms with Gasteiger partial charge < -0.3 is 10.1 Å². The number of carbonyl (C=O) groups excluding carboxylic acids is 1. The van der Waals surface area contributed by atoms with Gasteiger partial charge in [-0.25, -0.2) is 0 Å². The third-order valence-electron chi connectivity index (χ3n) is 6.20. The maximum atomic E-state index is 11.2. The van der Waals surface area contributed by atoms with Crippen LogP contribution in [-0.4, -0.2) is 29.8 Å². The molecule has 5 heteroatoms. The number of hydrogen-bond acceptors (Lipinski definition) is 3. The van der Waals surface area contributed by atoms with Gasteiger partial charge in [0.2, 0.25) is 5.91 Å². The average molecular weight is 480 g/mol. The van der Waals surface area contributed by atoms with E-state index in [0.717, 1.165) is 47.9 Å². The number of fused-ring (bicyclic) bond motifs is 1. The number of nitrogens with zero attached hydrogens (tertiary/aromatic N) is 1. The molecule has 5 nitrogen and oxygen atoms in total. The Bertz CT molecular complexity index is 1340. The van der Waals surface area contributed by atoms with Crippen molar-refractivity contribution >= 4 is 28.0 Å². The number of ether oxygens (including phenoxy) is 1. The molecule has 0 saturated heterocycles. The van der Waals surface area contributed by atoms with E-state index in [1.807, 2.05) is 12.3 Å². The molecule has 0 aliphatic heterocycles. The van der Waals surface area contributed by atoms with Gasteiger partial charge in [0, 0.05) is 12.4 Å². The van der Waals surface area contributed by atoms with Gasteiger partial charge >= 0.3 is 0 Å². The summed E-state index contributed by atoms with van der Waals surface area (Å²) in [5.74, 6) is 0.796. The normalized spacial score (nSPS) is 12.1. The predicted molar refractivity (Wildman–Crippen MR) is 148 cm³/mol. The summed E-state index contributed by atoms with van der Waals surface area (Å²) >= 11 is 0. The monoisotopic (exact) mass is 479 g/mol. The van der Waals surface area contributed by atoms with Gasteiger partial charge in [0.05, 0.1) is 18.3 Å². The number of rotatable bonds is 11. The van der Waals surface area contributed by atoms with Crippen molar-refractivity contribution in [1.29, 1.82) is 0 Å². The first kappa shape index (κ1) is 25.0. The van der Waals surface area contributed by atoms with Crippen LogP contribution in [0.4, 0.5) is 0 Å². The Morgan fingerprint density at radius 2 is 1.75 bits per heavy atom. The van der Waals surface area contributed by atoms with Crippen LogP contribution in [0.1, 0.15) is 49.3 Å². The van der Waals surface area contributed by atoms with Crippen LogP contribution in [-0.2, 0) is 4.79 Å². The first-order chi connectivity index (χ1) is 17.7. The number of hydrogen-bond donors (Lipinski definition) is 2. The molecule has 0 saturated carbocycles. The van der Waals surface area contributed by atoms with Crippen molar-refractivity contribution in [2.45, 2.75) is 32.6 Å². The highest BCUT2D eigenvalue weighted by Gasteiger charge is 2.14. The fraction of sp³-hybridized carbons (Fsp3) is 0.226. The predicted octanol–water partition coefficient (Wildman–Crippen LogP) is 6.78. The highest BCUT2D eigenvalue weighted by Crippen LogP contribution is 2.36. The average Bonchev–Trinajstić information content (AvgIpc) is 3.40. The van der Waals surface area contributed by atoms with Gasteiger partial charge in [0.1, 0.15) is 5.75 Å². The summed E-state index contributed by atoms with van der Waals surface area (Å²) in [4.78, 5) is 11.2. The van der Waals surface area contributed by atoms with Crippen LogP contribution in [0.25, 0.3) is 22.0 Å². The molecule has 0 aliphatic rings. The quantitative estimate of drug-likeness (QED) is 0.141. The van der Waals surface area contributed by atoms with E-state index >= 15 is 0 Å². The number of nitrogens with one attached hydrogen (secondary N) is 2. The molecule has 1 heterocycles. The molecule has 2 N–H and O–H groups in total. The molecular weight excluding hydrogens is 446 g/mol. The van der Waals surface area contributed by atoms with E-state index in [2.05, 4.69) is 95.2 Å². The minimum Gasteiger partial charge on any atom is -0.494 e. The number of benzene rings is 3. The molecule has 184 valence electrons.